The van der Waals surface area contributed by atoms with E-state index in [1.54, 1.807) is 0 Å². The Bertz CT molecular complexity index is 417. The molecule has 1 N–H and O–H groups in total. The third-order valence-corrected chi connectivity index (χ3v) is 3.20. The van der Waals surface area contributed by atoms with E-state index in [4.69, 9.17) is 5.11 Å². The highest BCUT2D eigenvalue weighted by Crippen LogP contribution is 2.40. The van der Waals surface area contributed by atoms with Gasteiger partial charge in [-0.1, -0.05) is 12.5 Å². The van der Waals surface area contributed by atoms with Crippen molar-refractivity contribution in [2.45, 2.75) is 25.2 Å². The van der Waals surface area contributed by atoms with E-state index in [2.05, 4.69) is 0 Å². The van der Waals surface area contributed by atoms with E-state index in [-0.39, 0.29) is 5.92 Å². The predicted molar refractivity (Wildman–Crippen MR) is 54.1 cm³/mol. The van der Waals surface area contributed by atoms with Crippen LogP contribution in [0.15, 0.2) is 18.2 Å². The normalized spacial score (nSPS) is 24.6. The monoisotopic (exact) mass is 226 g/mol. The summed E-state index contributed by atoms with van der Waals surface area (Å²) in [5.41, 5.74) is 0.325. The molecule has 0 heterocycles. The molecule has 1 aromatic rings. The third-order valence-electron chi connectivity index (χ3n) is 3.20. The molecule has 1 fully saturated rings. The Kier molecular flexibility index (Phi) is 2.90. The molecule has 2 atom stereocenters. The Hall–Kier alpha value is -1.45. The lowest BCUT2D eigenvalue weighted by Gasteiger charge is -2.16. The highest BCUT2D eigenvalue weighted by atomic mass is 19.1. The number of hydrogen-bond acceptors (Lipinski definition) is 1. The average molecular weight is 226 g/mol. The van der Waals surface area contributed by atoms with E-state index in [1.807, 2.05) is 0 Å². The van der Waals surface area contributed by atoms with Gasteiger partial charge in [0.25, 0.3) is 0 Å². The zero-order chi connectivity index (χ0) is 11.7. The van der Waals surface area contributed by atoms with Crippen LogP contribution in [0.2, 0.25) is 0 Å². The van der Waals surface area contributed by atoms with Gasteiger partial charge in [0.1, 0.15) is 11.6 Å². The maximum absolute atomic E-state index is 13.5. The Balaban J connectivity index is 2.32. The predicted octanol–water partition coefficient (Wildman–Crippen LogP) is 2.93. The van der Waals surface area contributed by atoms with Gasteiger partial charge in [0.05, 0.1) is 5.92 Å². The molecule has 2 nitrogen and oxygen atoms in total. The standard InChI is InChI=1S/C12H12F2O2/c13-7-4-5-9(11(14)6-7)8-2-1-3-10(8)12(15)16/h4-6,8,10H,1-3H2,(H,15,16)/t8-,10+/m0/s1. The van der Waals surface area contributed by atoms with Gasteiger partial charge >= 0.3 is 5.97 Å². The molecule has 1 aromatic carbocycles. The van der Waals surface area contributed by atoms with Crippen molar-refractivity contribution in [1.82, 2.24) is 0 Å². The second kappa shape index (κ2) is 4.20. The molecule has 0 aliphatic heterocycles. The zero-order valence-corrected chi connectivity index (χ0v) is 8.62. The van der Waals surface area contributed by atoms with Crippen molar-refractivity contribution in [2.75, 3.05) is 0 Å². The van der Waals surface area contributed by atoms with Crippen LogP contribution in [-0.4, -0.2) is 11.1 Å². The average Bonchev–Trinajstić information content (AvgIpc) is 2.66. The van der Waals surface area contributed by atoms with E-state index >= 15 is 0 Å². The number of rotatable bonds is 2. The van der Waals surface area contributed by atoms with Crippen LogP contribution < -0.4 is 0 Å². The third kappa shape index (κ3) is 1.92. The molecule has 0 unspecified atom stereocenters. The Labute approximate surface area is 91.9 Å². The summed E-state index contributed by atoms with van der Waals surface area (Å²) in [6.45, 7) is 0. The number of hydrogen-bond donors (Lipinski definition) is 1. The van der Waals surface area contributed by atoms with Crippen LogP contribution in [0.25, 0.3) is 0 Å². The van der Waals surface area contributed by atoms with Crippen molar-refractivity contribution in [3.05, 3.63) is 35.4 Å². The molecule has 16 heavy (non-hydrogen) atoms. The molecule has 86 valence electrons. The van der Waals surface area contributed by atoms with Crippen molar-refractivity contribution in [1.29, 1.82) is 0 Å². The molecule has 0 radical (unpaired) electrons. The highest BCUT2D eigenvalue weighted by molar-refractivity contribution is 5.71. The summed E-state index contributed by atoms with van der Waals surface area (Å²) in [5.74, 6) is -3.03. The first kappa shape index (κ1) is 11.0. The van der Waals surface area contributed by atoms with Crippen LogP contribution in [0, 0.1) is 17.6 Å². The van der Waals surface area contributed by atoms with Crippen LogP contribution in [-0.2, 0) is 4.79 Å². The van der Waals surface area contributed by atoms with Gasteiger partial charge in [-0.15, -0.1) is 0 Å². The molecule has 0 spiro atoms. The van der Waals surface area contributed by atoms with Crippen molar-refractivity contribution in [3.63, 3.8) is 0 Å². The fourth-order valence-corrected chi connectivity index (χ4v) is 2.43. The van der Waals surface area contributed by atoms with Gasteiger partial charge in [-0.3, -0.25) is 4.79 Å². The first-order valence-corrected chi connectivity index (χ1v) is 5.27. The number of carboxylic acids is 1. The second-order valence-electron chi connectivity index (χ2n) is 4.15. The summed E-state index contributed by atoms with van der Waals surface area (Å²) in [4.78, 5) is 11.0. The summed E-state index contributed by atoms with van der Waals surface area (Å²) >= 11 is 0. The number of carbonyl (C=O) groups is 1. The molecule has 0 saturated heterocycles. The summed E-state index contributed by atoms with van der Waals surface area (Å²) < 4.78 is 26.2. The van der Waals surface area contributed by atoms with E-state index < -0.39 is 23.5 Å². The molecule has 0 bridgehead atoms. The van der Waals surface area contributed by atoms with Gasteiger partial charge in [-0.2, -0.15) is 0 Å². The topological polar surface area (TPSA) is 37.3 Å². The second-order valence-corrected chi connectivity index (χ2v) is 4.15. The number of halogens is 2. The van der Waals surface area contributed by atoms with E-state index in [0.717, 1.165) is 12.5 Å². The van der Waals surface area contributed by atoms with Crippen LogP contribution >= 0.6 is 0 Å². The lowest BCUT2D eigenvalue weighted by Crippen LogP contribution is -2.17. The van der Waals surface area contributed by atoms with Crippen molar-refractivity contribution < 1.29 is 18.7 Å². The molecular weight excluding hydrogens is 214 g/mol. The summed E-state index contributed by atoms with van der Waals surface area (Å²) in [7, 11) is 0. The van der Waals surface area contributed by atoms with Gasteiger partial charge in [0, 0.05) is 12.0 Å². The van der Waals surface area contributed by atoms with Gasteiger partial charge in [0.2, 0.25) is 0 Å². The lowest BCUT2D eigenvalue weighted by atomic mass is 9.88. The van der Waals surface area contributed by atoms with Crippen LogP contribution in [0.5, 0.6) is 0 Å². The number of carboxylic acid groups (broad SMARTS) is 1. The molecule has 1 saturated carbocycles. The summed E-state index contributed by atoms with van der Waals surface area (Å²) in [6, 6.07) is 3.35. The maximum Gasteiger partial charge on any atom is 0.307 e. The van der Waals surface area contributed by atoms with Gasteiger partial charge in [-0.25, -0.2) is 8.78 Å². The van der Waals surface area contributed by atoms with Crippen LogP contribution in [0.1, 0.15) is 30.7 Å². The first-order valence-electron chi connectivity index (χ1n) is 5.27. The van der Waals surface area contributed by atoms with Crippen molar-refractivity contribution in [3.8, 4) is 0 Å². The Morgan fingerprint density at radius 2 is 2.06 bits per heavy atom. The van der Waals surface area contributed by atoms with Crippen LogP contribution in [0.3, 0.4) is 0 Å². The molecular formula is C12H12F2O2. The minimum atomic E-state index is -0.897. The van der Waals surface area contributed by atoms with Gasteiger partial charge < -0.3 is 5.11 Å². The fourth-order valence-electron chi connectivity index (χ4n) is 2.43. The maximum atomic E-state index is 13.5. The van der Waals surface area contributed by atoms with E-state index in [9.17, 15) is 13.6 Å². The molecule has 0 amide bonds. The molecule has 1 aliphatic carbocycles. The van der Waals surface area contributed by atoms with Crippen molar-refractivity contribution in [2.24, 2.45) is 5.92 Å². The minimum Gasteiger partial charge on any atom is -0.481 e. The molecule has 1 aliphatic rings. The van der Waals surface area contributed by atoms with E-state index in [1.165, 1.54) is 12.1 Å². The molecule has 2 rings (SSSR count). The summed E-state index contributed by atoms with van der Waals surface area (Å²) in [6.07, 6.45) is 1.99. The fraction of sp³-hybridized carbons (Fsp3) is 0.417. The number of benzene rings is 1. The van der Waals surface area contributed by atoms with E-state index in [0.29, 0.717) is 18.4 Å². The van der Waals surface area contributed by atoms with Crippen LogP contribution in [0.4, 0.5) is 8.78 Å². The number of aliphatic carboxylic acids is 1. The molecule has 0 aromatic heterocycles. The largest absolute Gasteiger partial charge is 0.481 e. The Morgan fingerprint density at radius 3 is 2.69 bits per heavy atom. The first-order chi connectivity index (χ1) is 7.59. The Morgan fingerprint density at radius 1 is 1.31 bits per heavy atom. The molecule has 4 heteroatoms. The lowest BCUT2D eigenvalue weighted by molar-refractivity contribution is -0.142. The highest BCUT2D eigenvalue weighted by Gasteiger charge is 2.35. The van der Waals surface area contributed by atoms with Crippen molar-refractivity contribution >= 4 is 5.97 Å². The van der Waals surface area contributed by atoms with Gasteiger partial charge in [-0.05, 0) is 24.5 Å². The quantitative estimate of drug-likeness (QED) is 0.841. The smallest absolute Gasteiger partial charge is 0.307 e. The SMILES string of the molecule is O=C(O)[C@@H]1CCC[C@H]1c1ccc(F)cc1F. The zero-order valence-electron chi connectivity index (χ0n) is 8.62. The minimum absolute atomic E-state index is 0.321. The van der Waals surface area contributed by atoms with Gasteiger partial charge in [0.15, 0.2) is 0 Å². The summed E-state index contributed by atoms with van der Waals surface area (Å²) in [5, 5.41) is 8.99.